The molecule has 0 aliphatic carbocycles. The van der Waals surface area contributed by atoms with Crippen LogP contribution in [-0.2, 0) is 11.3 Å². The van der Waals surface area contributed by atoms with E-state index in [1.807, 2.05) is 31.3 Å². The summed E-state index contributed by atoms with van der Waals surface area (Å²) >= 11 is 0. The third-order valence-electron chi connectivity index (χ3n) is 5.11. The van der Waals surface area contributed by atoms with Crippen LogP contribution in [-0.4, -0.2) is 50.1 Å². The minimum absolute atomic E-state index is 0.101. The molecule has 1 aliphatic rings. The van der Waals surface area contributed by atoms with Crippen LogP contribution in [0.1, 0.15) is 12.5 Å². The number of nitrogens with zero attached hydrogens (tertiary/aromatic N) is 2. The van der Waals surface area contributed by atoms with Crippen molar-refractivity contribution in [1.29, 1.82) is 0 Å². The Morgan fingerprint density at radius 2 is 2.04 bits per heavy atom. The summed E-state index contributed by atoms with van der Waals surface area (Å²) < 4.78 is 13.3. The number of hydrogen-bond donors (Lipinski definition) is 1. The normalized spacial score (nSPS) is 16.3. The van der Waals surface area contributed by atoms with Crippen LogP contribution in [0.2, 0.25) is 0 Å². The van der Waals surface area contributed by atoms with Gasteiger partial charge >= 0.3 is 0 Å². The van der Waals surface area contributed by atoms with Gasteiger partial charge in [-0.15, -0.1) is 0 Å². The zero-order valence-corrected chi connectivity index (χ0v) is 15.4. The van der Waals surface area contributed by atoms with Crippen LogP contribution >= 0.6 is 0 Å². The van der Waals surface area contributed by atoms with E-state index in [0.29, 0.717) is 6.54 Å². The van der Waals surface area contributed by atoms with Crippen LogP contribution in [0.15, 0.2) is 48.7 Å². The molecule has 0 spiro atoms. The summed E-state index contributed by atoms with van der Waals surface area (Å²) in [6, 6.07) is 12.4. The number of piperazine rings is 1. The average Bonchev–Trinajstić information content (AvgIpc) is 2.67. The number of benzene rings is 1. The molecule has 1 atom stereocenters. The molecular weight excluding hydrogens is 331 g/mol. The van der Waals surface area contributed by atoms with Crippen molar-refractivity contribution in [2.24, 2.45) is 0 Å². The second kappa shape index (κ2) is 8.27. The maximum atomic E-state index is 13.3. The van der Waals surface area contributed by atoms with Gasteiger partial charge in [0.2, 0.25) is 0 Å². The van der Waals surface area contributed by atoms with Gasteiger partial charge < -0.3 is 9.80 Å². The molecule has 1 amide bonds. The lowest BCUT2D eigenvalue weighted by Crippen LogP contribution is -3.19. The van der Waals surface area contributed by atoms with Crippen LogP contribution in [0.3, 0.4) is 0 Å². The lowest BCUT2D eigenvalue weighted by Gasteiger charge is -2.33. The second-order valence-electron chi connectivity index (χ2n) is 6.94. The number of rotatable bonds is 5. The van der Waals surface area contributed by atoms with Gasteiger partial charge in [-0.1, -0.05) is 18.2 Å². The highest BCUT2D eigenvalue weighted by atomic mass is 19.1. The maximum Gasteiger partial charge on any atom is 0.280 e. The summed E-state index contributed by atoms with van der Waals surface area (Å²) in [6.45, 7) is 6.10. The molecule has 6 heteroatoms. The zero-order chi connectivity index (χ0) is 18.5. The van der Waals surface area contributed by atoms with Gasteiger partial charge in [-0.25, -0.2) is 9.37 Å². The molecule has 1 saturated heterocycles. The molecule has 0 bridgehead atoms. The van der Waals surface area contributed by atoms with Gasteiger partial charge in [0.1, 0.15) is 32.0 Å². The van der Waals surface area contributed by atoms with Crippen molar-refractivity contribution in [1.82, 2.24) is 4.90 Å². The highest BCUT2D eigenvalue weighted by molar-refractivity contribution is 5.79. The van der Waals surface area contributed by atoms with E-state index >= 15 is 0 Å². The fourth-order valence-electron chi connectivity index (χ4n) is 3.54. The third kappa shape index (κ3) is 4.38. The van der Waals surface area contributed by atoms with Crippen molar-refractivity contribution in [3.05, 3.63) is 60.0 Å². The fraction of sp³-hybridized carbons (Fsp3) is 0.400. The Balaban J connectivity index is 1.54. The first-order valence-electron chi connectivity index (χ1n) is 9.10. The van der Waals surface area contributed by atoms with Gasteiger partial charge in [0.25, 0.3) is 11.7 Å². The first-order valence-corrected chi connectivity index (χ1v) is 9.10. The van der Waals surface area contributed by atoms with Gasteiger partial charge in [0.05, 0.1) is 6.20 Å². The number of halogens is 1. The Morgan fingerprint density at radius 3 is 2.69 bits per heavy atom. The lowest BCUT2D eigenvalue weighted by atomic mass is 10.1. The molecule has 2 N–H and O–H groups in total. The smallest absolute Gasteiger partial charge is 0.280 e. The number of anilines is 1. The molecule has 26 heavy (non-hydrogen) atoms. The molecule has 0 radical (unpaired) electrons. The number of nitrogens with one attached hydrogen (secondary N) is 2. The number of quaternary nitrogens is 1. The van der Waals surface area contributed by atoms with E-state index in [2.05, 4.69) is 16.0 Å². The number of aromatic amines is 1. The summed E-state index contributed by atoms with van der Waals surface area (Å²) in [4.78, 5) is 21.4. The Kier molecular flexibility index (Phi) is 5.83. The van der Waals surface area contributed by atoms with Crippen LogP contribution < -0.4 is 14.8 Å². The molecule has 1 aromatic carbocycles. The van der Waals surface area contributed by atoms with E-state index in [4.69, 9.17) is 0 Å². The van der Waals surface area contributed by atoms with Crippen LogP contribution in [0.5, 0.6) is 0 Å². The molecule has 0 saturated carbocycles. The minimum Gasteiger partial charge on any atom is -0.336 e. The fourth-order valence-corrected chi connectivity index (χ4v) is 3.54. The minimum atomic E-state index is -0.268. The Labute approximate surface area is 154 Å². The number of H-pyrrole nitrogens is 1. The Morgan fingerprint density at radius 1 is 1.27 bits per heavy atom. The van der Waals surface area contributed by atoms with E-state index in [-0.39, 0.29) is 17.8 Å². The summed E-state index contributed by atoms with van der Waals surface area (Å²) in [7, 11) is 1.79. The molecule has 1 fully saturated rings. The number of carbonyl (C=O) groups is 1. The zero-order valence-electron chi connectivity index (χ0n) is 15.4. The highest BCUT2D eigenvalue weighted by Crippen LogP contribution is 2.08. The van der Waals surface area contributed by atoms with E-state index in [1.54, 1.807) is 18.0 Å². The topological polar surface area (TPSA) is 42.1 Å². The van der Waals surface area contributed by atoms with E-state index in [9.17, 15) is 9.18 Å². The van der Waals surface area contributed by atoms with Crippen LogP contribution in [0, 0.1) is 5.82 Å². The largest absolute Gasteiger partial charge is 0.336 e. The van der Waals surface area contributed by atoms with Gasteiger partial charge in [0.15, 0.2) is 6.04 Å². The van der Waals surface area contributed by atoms with Gasteiger partial charge in [-0.05, 0) is 30.7 Å². The first-order chi connectivity index (χ1) is 12.5. The molecule has 138 valence electrons. The molecule has 1 aliphatic heterocycles. The highest BCUT2D eigenvalue weighted by Gasteiger charge is 2.33. The Hall–Kier alpha value is -2.47. The van der Waals surface area contributed by atoms with Crippen molar-refractivity contribution in [3.8, 4) is 0 Å². The maximum absolute atomic E-state index is 13.3. The second-order valence-corrected chi connectivity index (χ2v) is 6.94. The monoisotopic (exact) mass is 358 g/mol. The number of carbonyl (C=O) groups excluding carboxylic acids is 1. The lowest BCUT2D eigenvalue weighted by molar-refractivity contribution is -0.915. The predicted molar refractivity (Wildman–Crippen MR) is 98.2 cm³/mol. The van der Waals surface area contributed by atoms with Crippen molar-refractivity contribution in [3.63, 3.8) is 0 Å². The standard InChI is InChI=1S/C20H25FN4O/c1-16(20(26)23(2)15-17-6-5-7-18(21)14-17)24-10-12-25(13-11-24)19-8-3-4-9-22-19/h3-9,14,16H,10-13,15H2,1-2H3/p+2/t16-/m1/s1. The van der Waals surface area contributed by atoms with E-state index in [0.717, 1.165) is 37.6 Å². The number of hydrogen-bond acceptors (Lipinski definition) is 2. The number of likely N-dealkylation sites (N-methyl/N-ethyl adjacent to an activating group) is 1. The quantitative estimate of drug-likeness (QED) is 0.840. The summed E-state index contributed by atoms with van der Waals surface area (Å²) in [5.74, 6) is 0.952. The first kappa shape index (κ1) is 18.3. The summed E-state index contributed by atoms with van der Waals surface area (Å²) in [6.07, 6.45) is 1.93. The summed E-state index contributed by atoms with van der Waals surface area (Å²) in [5, 5.41) is 0. The van der Waals surface area contributed by atoms with E-state index < -0.39 is 0 Å². The van der Waals surface area contributed by atoms with Gasteiger partial charge in [-0.2, -0.15) is 0 Å². The number of amides is 1. The van der Waals surface area contributed by atoms with E-state index in [1.165, 1.54) is 17.0 Å². The molecule has 5 nitrogen and oxygen atoms in total. The van der Waals surface area contributed by atoms with Crippen molar-refractivity contribution in [2.75, 3.05) is 38.1 Å². The van der Waals surface area contributed by atoms with Crippen LogP contribution in [0.4, 0.5) is 10.2 Å². The predicted octanol–water partition coefficient (Wildman–Crippen LogP) is 0.392. The molecular formula is C20H27FN4O+2. The molecule has 0 unspecified atom stereocenters. The van der Waals surface area contributed by atoms with Gasteiger partial charge in [-0.3, -0.25) is 9.69 Å². The van der Waals surface area contributed by atoms with Crippen molar-refractivity contribution < 1.29 is 19.1 Å². The molecule has 2 heterocycles. The van der Waals surface area contributed by atoms with Crippen molar-refractivity contribution in [2.45, 2.75) is 19.5 Å². The molecule has 2 aromatic rings. The number of aromatic nitrogens is 1. The molecule has 3 rings (SSSR count). The summed E-state index contributed by atoms with van der Waals surface area (Å²) in [5.41, 5.74) is 0.812. The average molecular weight is 358 g/mol. The Bertz CT molecular complexity index is 732. The third-order valence-corrected chi connectivity index (χ3v) is 5.11. The van der Waals surface area contributed by atoms with Crippen LogP contribution in [0.25, 0.3) is 0 Å². The number of pyridine rings is 1. The SMILES string of the molecule is C[C@H](C(=O)N(C)Cc1cccc(F)c1)[NH+]1CCN(c2cccc[nH+]2)CC1. The molecule has 1 aromatic heterocycles. The van der Waals surface area contributed by atoms with Gasteiger partial charge in [0, 0.05) is 19.7 Å². The van der Waals surface area contributed by atoms with Crippen molar-refractivity contribution >= 4 is 11.7 Å².